The van der Waals surface area contributed by atoms with Crippen LogP contribution in [0.2, 0.25) is 5.02 Å². The molecule has 0 fully saturated rings. The zero-order valence-electron chi connectivity index (χ0n) is 18.9. The zero-order chi connectivity index (χ0) is 25.2. The average molecular weight is 623 g/mol. The molecule has 0 aliphatic carbocycles. The van der Waals surface area contributed by atoms with Gasteiger partial charge in [-0.25, -0.2) is 5.43 Å². The molecule has 1 N–H and O–H groups in total. The SMILES string of the molecule is C=CCOc1ccc(C(=O)N/N=C/c2cc(Br)c(OCc3ccccc3Cl)c(Br)c2)cc1OCC. The lowest BCUT2D eigenvalue weighted by Crippen LogP contribution is -2.17. The van der Waals surface area contributed by atoms with Gasteiger partial charge < -0.3 is 14.2 Å². The molecule has 35 heavy (non-hydrogen) atoms. The van der Waals surface area contributed by atoms with Crippen molar-refractivity contribution in [3.05, 3.63) is 97.9 Å². The fourth-order valence-electron chi connectivity index (χ4n) is 2.97. The fourth-order valence-corrected chi connectivity index (χ4v) is 4.61. The molecule has 3 aromatic rings. The van der Waals surface area contributed by atoms with Crippen LogP contribution in [-0.2, 0) is 6.61 Å². The highest BCUT2D eigenvalue weighted by Crippen LogP contribution is 2.35. The number of carbonyl (C=O) groups is 1. The molecule has 0 aliphatic rings. The number of halogens is 3. The lowest BCUT2D eigenvalue weighted by molar-refractivity contribution is 0.0954. The number of rotatable bonds is 11. The standard InChI is InChI=1S/C26H23Br2ClN2O4/c1-3-11-34-23-10-9-18(14-24(23)33-4-2)26(32)31-30-15-17-12-20(27)25(21(28)13-17)35-16-19-7-5-6-8-22(19)29/h3,5-10,12-15H,1,4,11,16H2,2H3,(H,31,32)/b30-15+. The number of nitrogens with zero attached hydrogens (tertiary/aromatic N) is 1. The summed E-state index contributed by atoms with van der Waals surface area (Å²) in [7, 11) is 0. The molecule has 0 heterocycles. The van der Waals surface area contributed by atoms with Crippen LogP contribution in [0.3, 0.4) is 0 Å². The Kier molecular flexibility index (Phi) is 10.2. The number of carbonyl (C=O) groups excluding carboxylic acids is 1. The van der Waals surface area contributed by atoms with Crippen molar-refractivity contribution in [1.29, 1.82) is 0 Å². The first kappa shape index (κ1) is 26.8. The van der Waals surface area contributed by atoms with Gasteiger partial charge in [0.1, 0.15) is 19.0 Å². The van der Waals surface area contributed by atoms with Gasteiger partial charge in [-0.15, -0.1) is 0 Å². The molecule has 0 spiro atoms. The third kappa shape index (κ3) is 7.59. The molecule has 3 aromatic carbocycles. The number of hydrogen-bond donors (Lipinski definition) is 1. The average Bonchev–Trinajstić information content (AvgIpc) is 2.84. The summed E-state index contributed by atoms with van der Waals surface area (Å²) in [4.78, 5) is 12.6. The van der Waals surface area contributed by atoms with Gasteiger partial charge in [-0.2, -0.15) is 5.10 Å². The van der Waals surface area contributed by atoms with Crippen LogP contribution in [0, 0.1) is 0 Å². The van der Waals surface area contributed by atoms with E-state index < -0.39 is 0 Å². The fraction of sp³-hybridized carbons (Fsp3) is 0.154. The Hall–Kier alpha value is -2.81. The summed E-state index contributed by atoms with van der Waals surface area (Å²) in [5, 5.41) is 4.72. The van der Waals surface area contributed by atoms with Crippen molar-refractivity contribution in [2.75, 3.05) is 13.2 Å². The van der Waals surface area contributed by atoms with E-state index in [2.05, 4.69) is 49.0 Å². The summed E-state index contributed by atoms with van der Waals surface area (Å²) in [6, 6.07) is 16.1. The van der Waals surface area contributed by atoms with Crippen molar-refractivity contribution in [1.82, 2.24) is 5.43 Å². The van der Waals surface area contributed by atoms with Crippen molar-refractivity contribution in [3.8, 4) is 17.2 Å². The molecular weight excluding hydrogens is 600 g/mol. The largest absolute Gasteiger partial charge is 0.490 e. The van der Waals surface area contributed by atoms with E-state index in [1.807, 2.05) is 43.3 Å². The summed E-state index contributed by atoms with van der Waals surface area (Å²) in [5.41, 5.74) is 4.55. The smallest absolute Gasteiger partial charge is 0.271 e. The van der Waals surface area contributed by atoms with E-state index in [0.717, 1.165) is 20.1 Å². The highest BCUT2D eigenvalue weighted by Gasteiger charge is 2.12. The Morgan fingerprint density at radius 2 is 1.80 bits per heavy atom. The second kappa shape index (κ2) is 13.3. The molecule has 0 saturated carbocycles. The predicted octanol–water partition coefficient (Wildman–Crippen LogP) is 7.17. The van der Waals surface area contributed by atoms with E-state index in [0.29, 0.717) is 47.7 Å². The van der Waals surface area contributed by atoms with E-state index in [-0.39, 0.29) is 5.91 Å². The Balaban J connectivity index is 1.65. The zero-order valence-corrected chi connectivity index (χ0v) is 22.8. The maximum atomic E-state index is 12.6. The minimum absolute atomic E-state index is 0.321. The van der Waals surface area contributed by atoms with Crippen LogP contribution >= 0.6 is 43.5 Å². The van der Waals surface area contributed by atoms with Crippen LogP contribution in [-0.4, -0.2) is 25.3 Å². The Bertz CT molecular complexity index is 1210. The molecule has 1 amide bonds. The van der Waals surface area contributed by atoms with E-state index in [1.165, 1.54) is 6.21 Å². The normalized spacial score (nSPS) is 10.7. The second-order valence-electron chi connectivity index (χ2n) is 7.09. The van der Waals surface area contributed by atoms with Gasteiger partial charge in [0.2, 0.25) is 0 Å². The highest BCUT2D eigenvalue weighted by molar-refractivity contribution is 9.11. The lowest BCUT2D eigenvalue weighted by Gasteiger charge is -2.12. The molecular formula is C26H23Br2ClN2O4. The van der Waals surface area contributed by atoms with Crippen molar-refractivity contribution in [2.45, 2.75) is 13.5 Å². The first-order valence-electron chi connectivity index (χ1n) is 10.6. The van der Waals surface area contributed by atoms with Crippen molar-refractivity contribution >= 4 is 55.6 Å². The summed E-state index contributed by atoms with van der Waals surface area (Å²) in [6.07, 6.45) is 3.18. The maximum Gasteiger partial charge on any atom is 0.271 e. The predicted molar refractivity (Wildman–Crippen MR) is 146 cm³/mol. The lowest BCUT2D eigenvalue weighted by atomic mass is 10.2. The van der Waals surface area contributed by atoms with Crippen LogP contribution in [0.15, 0.2) is 81.3 Å². The minimum Gasteiger partial charge on any atom is -0.490 e. The number of amides is 1. The molecule has 182 valence electrons. The highest BCUT2D eigenvalue weighted by atomic mass is 79.9. The molecule has 0 unspecified atom stereocenters. The third-order valence-corrected chi connectivity index (χ3v) is 6.14. The summed E-state index contributed by atoms with van der Waals surface area (Å²) in [5.74, 6) is 1.27. The van der Waals surface area contributed by atoms with Gasteiger partial charge in [0, 0.05) is 16.1 Å². The van der Waals surface area contributed by atoms with Crippen LogP contribution < -0.4 is 19.6 Å². The van der Waals surface area contributed by atoms with Crippen LogP contribution in [0.4, 0.5) is 0 Å². The number of hydrazone groups is 1. The van der Waals surface area contributed by atoms with Gasteiger partial charge in [-0.1, -0.05) is 42.5 Å². The molecule has 0 bridgehead atoms. The van der Waals surface area contributed by atoms with Crippen molar-refractivity contribution < 1.29 is 19.0 Å². The molecule has 0 aromatic heterocycles. The van der Waals surface area contributed by atoms with E-state index in [4.69, 9.17) is 25.8 Å². The molecule has 3 rings (SSSR count). The van der Waals surface area contributed by atoms with Gasteiger partial charge in [0.15, 0.2) is 11.5 Å². The van der Waals surface area contributed by atoms with E-state index in [9.17, 15) is 4.79 Å². The molecule has 0 aliphatic heterocycles. The van der Waals surface area contributed by atoms with Crippen LogP contribution in [0.25, 0.3) is 0 Å². The van der Waals surface area contributed by atoms with Gasteiger partial charge in [-0.05, 0) is 80.7 Å². The summed E-state index contributed by atoms with van der Waals surface area (Å²) in [6.45, 7) is 6.59. The van der Waals surface area contributed by atoms with Crippen LogP contribution in [0.5, 0.6) is 17.2 Å². The van der Waals surface area contributed by atoms with Crippen LogP contribution in [0.1, 0.15) is 28.4 Å². The van der Waals surface area contributed by atoms with Gasteiger partial charge in [0.05, 0.1) is 21.8 Å². The first-order chi connectivity index (χ1) is 16.9. The first-order valence-corrected chi connectivity index (χ1v) is 12.6. The van der Waals surface area contributed by atoms with Gasteiger partial charge in [0.25, 0.3) is 5.91 Å². The molecule has 0 radical (unpaired) electrons. The number of ether oxygens (including phenoxy) is 3. The monoisotopic (exact) mass is 620 g/mol. The maximum absolute atomic E-state index is 12.6. The Morgan fingerprint density at radius 1 is 1.06 bits per heavy atom. The second-order valence-corrected chi connectivity index (χ2v) is 9.20. The van der Waals surface area contributed by atoms with E-state index in [1.54, 1.807) is 24.3 Å². The topological polar surface area (TPSA) is 69.2 Å². The quantitative estimate of drug-likeness (QED) is 0.140. The van der Waals surface area contributed by atoms with Gasteiger partial charge in [-0.3, -0.25) is 4.79 Å². The van der Waals surface area contributed by atoms with E-state index >= 15 is 0 Å². The summed E-state index contributed by atoms with van der Waals surface area (Å²) < 4.78 is 18.5. The summed E-state index contributed by atoms with van der Waals surface area (Å²) >= 11 is 13.3. The third-order valence-electron chi connectivity index (χ3n) is 4.59. The number of nitrogens with one attached hydrogen (secondary N) is 1. The molecule has 0 saturated heterocycles. The number of hydrogen-bond acceptors (Lipinski definition) is 5. The minimum atomic E-state index is -0.379. The van der Waals surface area contributed by atoms with Crippen molar-refractivity contribution in [3.63, 3.8) is 0 Å². The Labute approximate surface area is 226 Å². The Morgan fingerprint density at radius 3 is 2.49 bits per heavy atom. The molecule has 9 heteroatoms. The molecule has 0 atom stereocenters. The van der Waals surface area contributed by atoms with Crippen molar-refractivity contribution in [2.24, 2.45) is 5.10 Å². The van der Waals surface area contributed by atoms with Gasteiger partial charge >= 0.3 is 0 Å². The number of benzene rings is 3. The molecule has 6 nitrogen and oxygen atoms in total.